The molecule has 1 aromatic rings. The average molecular weight is 316 g/mol. The van der Waals surface area contributed by atoms with Crippen molar-refractivity contribution in [3.63, 3.8) is 0 Å². The Bertz CT molecular complexity index is 539. The number of nitrogens with one attached hydrogen (secondary N) is 1. The highest BCUT2D eigenvalue weighted by Gasteiger charge is 2.42. The van der Waals surface area contributed by atoms with Crippen LogP contribution in [0.1, 0.15) is 31.2 Å². The van der Waals surface area contributed by atoms with Crippen molar-refractivity contribution in [1.82, 2.24) is 5.32 Å². The second kappa shape index (κ2) is 6.02. The summed E-state index contributed by atoms with van der Waals surface area (Å²) < 4.78 is 0. The van der Waals surface area contributed by atoms with Gasteiger partial charge in [0, 0.05) is 10.0 Å². The minimum absolute atomic E-state index is 0.0222. The van der Waals surface area contributed by atoms with Gasteiger partial charge in [-0.3, -0.25) is 4.79 Å². The minimum atomic E-state index is -1.12. The van der Waals surface area contributed by atoms with Crippen LogP contribution < -0.4 is 5.32 Å². The molecule has 0 bridgehead atoms. The Kier molecular flexibility index (Phi) is 4.55. The maximum Gasteiger partial charge on any atom is 0.329 e. The third-order valence-corrected chi connectivity index (χ3v) is 4.21. The number of carbonyl (C=O) groups is 2. The normalized spacial score (nSPS) is 16.9. The van der Waals surface area contributed by atoms with Crippen LogP contribution in [0.4, 0.5) is 0 Å². The highest BCUT2D eigenvalue weighted by molar-refractivity contribution is 6.33. The first kappa shape index (κ1) is 15.1. The summed E-state index contributed by atoms with van der Waals surface area (Å²) in [5.41, 5.74) is -0.530. The Balaban J connectivity index is 2.08. The second-order valence-electron chi connectivity index (χ2n) is 5.06. The van der Waals surface area contributed by atoms with Crippen LogP contribution in [0.5, 0.6) is 0 Å². The molecule has 1 aliphatic rings. The summed E-state index contributed by atoms with van der Waals surface area (Å²) in [5.74, 6) is -1.32. The summed E-state index contributed by atoms with van der Waals surface area (Å²) in [5, 5.41) is 12.9. The molecule has 2 N–H and O–H groups in total. The highest BCUT2D eigenvalue weighted by Crippen LogP contribution is 2.30. The van der Waals surface area contributed by atoms with Crippen LogP contribution in [0.2, 0.25) is 10.0 Å². The van der Waals surface area contributed by atoms with Gasteiger partial charge in [0.15, 0.2) is 0 Å². The number of carboxylic acids is 1. The molecule has 1 aliphatic carbocycles. The smallest absolute Gasteiger partial charge is 0.329 e. The van der Waals surface area contributed by atoms with E-state index in [9.17, 15) is 14.7 Å². The summed E-state index contributed by atoms with van der Waals surface area (Å²) in [6, 6.07) is 4.88. The van der Waals surface area contributed by atoms with Gasteiger partial charge in [-0.05, 0) is 36.6 Å². The van der Waals surface area contributed by atoms with Crippen molar-refractivity contribution in [3.05, 3.63) is 33.8 Å². The fourth-order valence-corrected chi connectivity index (χ4v) is 2.91. The average Bonchev–Trinajstić information content (AvgIpc) is 2.83. The predicted octanol–water partition coefficient (Wildman–Crippen LogP) is 3.05. The first-order chi connectivity index (χ1) is 9.43. The minimum Gasteiger partial charge on any atom is -0.480 e. The van der Waals surface area contributed by atoms with Gasteiger partial charge < -0.3 is 10.4 Å². The molecular weight excluding hydrogens is 301 g/mol. The van der Waals surface area contributed by atoms with Gasteiger partial charge in [-0.25, -0.2) is 4.79 Å². The van der Waals surface area contributed by atoms with Crippen molar-refractivity contribution in [2.75, 3.05) is 0 Å². The molecule has 0 spiro atoms. The molecule has 108 valence electrons. The zero-order valence-electron chi connectivity index (χ0n) is 10.8. The number of carbonyl (C=O) groups excluding carboxylic acids is 1. The van der Waals surface area contributed by atoms with Crippen LogP contribution >= 0.6 is 23.2 Å². The molecule has 0 aromatic heterocycles. The quantitative estimate of drug-likeness (QED) is 0.897. The summed E-state index contributed by atoms with van der Waals surface area (Å²) in [4.78, 5) is 23.4. The lowest BCUT2D eigenvalue weighted by molar-refractivity contribution is -0.147. The summed E-state index contributed by atoms with van der Waals surface area (Å²) in [6.45, 7) is 0. The number of benzene rings is 1. The standard InChI is InChI=1S/C14H15Cl2NO3/c15-10-3-4-11(16)9(7-10)8-12(18)17-14(13(19)20)5-1-2-6-14/h3-4,7H,1-2,5-6,8H2,(H,17,18)(H,19,20). The number of hydrogen-bond donors (Lipinski definition) is 2. The van der Waals surface area contributed by atoms with E-state index in [2.05, 4.69) is 5.32 Å². The molecule has 0 atom stereocenters. The zero-order chi connectivity index (χ0) is 14.8. The molecule has 0 aliphatic heterocycles. The van der Waals surface area contributed by atoms with Crippen molar-refractivity contribution < 1.29 is 14.7 Å². The van der Waals surface area contributed by atoms with Crippen LogP contribution in [0.15, 0.2) is 18.2 Å². The van der Waals surface area contributed by atoms with E-state index in [1.54, 1.807) is 18.2 Å². The highest BCUT2D eigenvalue weighted by atomic mass is 35.5. The Labute approximate surface area is 127 Å². The third-order valence-electron chi connectivity index (χ3n) is 3.60. The zero-order valence-corrected chi connectivity index (χ0v) is 12.3. The summed E-state index contributed by atoms with van der Waals surface area (Å²) in [6.07, 6.45) is 2.58. The van der Waals surface area contributed by atoms with E-state index in [4.69, 9.17) is 23.2 Å². The lowest BCUT2D eigenvalue weighted by Crippen LogP contribution is -2.52. The Morgan fingerprint density at radius 1 is 1.25 bits per heavy atom. The van der Waals surface area contributed by atoms with Crippen molar-refractivity contribution in [3.8, 4) is 0 Å². The van der Waals surface area contributed by atoms with Gasteiger partial charge in [-0.1, -0.05) is 36.0 Å². The molecule has 0 unspecified atom stereocenters. The van der Waals surface area contributed by atoms with Crippen LogP contribution in [0.25, 0.3) is 0 Å². The molecule has 20 heavy (non-hydrogen) atoms. The maximum absolute atomic E-state index is 12.1. The Hall–Kier alpha value is -1.26. The van der Waals surface area contributed by atoms with Crippen LogP contribution in [0, 0.1) is 0 Å². The summed E-state index contributed by atoms with van der Waals surface area (Å²) >= 11 is 11.9. The molecule has 1 amide bonds. The third kappa shape index (κ3) is 3.25. The number of rotatable bonds is 4. The number of amides is 1. The van der Waals surface area contributed by atoms with E-state index in [-0.39, 0.29) is 12.3 Å². The Morgan fingerprint density at radius 3 is 2.50 bits per heavy atom. The monoisotopic (exact) mass is 315 g/mol. The number of carboxylic acid groups (broad SMARTS) is 1. The maximum atomic E-state index is 12.1. The van der Waals surface area contributed by atoms with Crippen molar-refractivity contribution in [2.45, 2.75) is 37.6 Å². The van der Waals surface area contributed by atoms with Crippen molar-refractivity contribution >= 4 is 35.1 Å². The fraction of sp³-hybridized carbons (Fsp3) is 0.429. The molecule has 1 saturated carbocycles. The molecule has 4 nitrogen and oxygen atoms in total. The van der Waals surface area contributed by atoms with Gasteiger partial charge in [-0.2, -0.15) is 0 Å². The topological polar surface area (TPSA) is 66.4 Å². The fourth-order valence-electron chi connectivity index (χ4n) is 2.53. The van der Waals surface area contributed by atoms with Crippen LogP contribution in [-0.2, 0) is 16.0 Å². The number of aliphatic carboxylic acids is 1. The SMILES string of the molecule is O=C(Cc1cc(Cl)ccc1Cl)NC1(C(=O)O)CCCC1. The first-order valence-electron chi connectivity index (χ1n) is 6.41. The molecule has 6 heteroatoms. The first-order valence-corrected chi connectivity index (χ1v) is 7.17. The van der Waals surface area contributed by atoms with Gasteiger partial charge >= 0.3 is 5.97 Å². The van der Waals surface area contributed by atoms with Gasteiger partial charge in [-0.15, -0.1) is 0 Å². The van der Waals surface area contributed by atoms with E-state index in [0.29, 0.717) is 28.5 Å². The molecule has 2 rings (SSSR count). The molecule has 0 saturated heterocycles. The van der Waals surface area contributed by atoms with Crippen LogP contribution in [-0.4, -0.2) is 22.5 Å². The molecule has 0 heterocycles. The molecule has 1 aromatic carbocycles. The molecule has 0 radical (unpaired) electrons. The predicted molar refractivity (Wildman–Crippen MR) is 77.1 cm³/mol. The Morgan fingerprint density at radius 2 is 1.90 bits per heavy atom. The van der Waals surface area contributed by atoms with E-state index >= 15 is 0 Å². The van der Waals surface area contributed by atoms with E-state index in [1.165, 1.54) is 0 Å². The number of halogens is 2. The van der Waals surface area contributed by atoms with E-state index in [0.717, 1.165) is 12.8 Å². The van der Waals surface area contributed by atoms with Crippen LogP contribution in [0.3, 0.4) is 0 Å². The largest absolute Gasteiger partial charge is 0.480 e. The number of hydrogen-bond acceptors (Lipinski definition) is 2. The molecule has 1 fully saturated rings. The van der Waals surface area contributed by atoms with Gasteiger partial charge in [0.2, 0.25) is 5.91 Å². The van der Waals surface area contributed by atoms with Crippen molar-refractivity contribution in [2.24, 2.45) is 0 Å². The lowest BCUT2D eigenvalue weighted by Gasteiger charge is -2.25. The lowest BCUT2D eigenvalue weighted by atomic mass is 9.97. The van der Waals surface area contributed by atoms with E-state index < -0.39 is 11.5 Å². The van der Waals surface area contributed by atoms with Gasteiger partial charge in [0.05, 0.1) is 6.42 Å². The second-order valence-corrected chi connectivity index (χ2v) is 5.90. The van der Waals surface area contributed by atoms with E-state index in [1.807, 2.05) is 0 Å². The van der Waals surface area contributed by atoms with Gasteiger partial charge in [0.25, 0.3) is 0 Å². The van der Waals surface area contributed by atoms with Crippen molar-refractivity contribution in [1.29, 1.82) is 0 Å². The summed E-state index contributed by atoms with van der Waals surface area (Å²) in [7, 11) is 0. The van der Waals surface area contributed by atoms with Gasteiger partial charge in [0.1, 0.15) is 5.54 Å². The molecular formula is C14H15Cl2NO3.